The number of aromatic nitrogens is 1. The number of fused-ring (bicyclic) bond motifs is 5. The van der Waals surface area contributed by atoms with E-state index >= 15 is 0 Å². The van der Waals surface area contributed by atoms with Gasteiger partial charge in [-0.05, 0) is 54.7 Å². The van der Waals surface area contributed by atoms with Crippen LogP contribution in [-0.4, -0.2) is 35.4 Å². The molecular weight excluding hydrogens is 504 g/mol. The van der Waals surface area contributed by atoms with Crippen molar-refractivity contribution in [1.29, 1.82) is 0 Å². The largest absolute Gasteiger partial charge is 0.385 e. The van der Waals surface area contributed by atoms with E-state index in [0.29, 0.717) is 17.4 Å². The lowest BCUT2D eigenvalue weighted by Crippen LogP contribution is -3.16. The molecule has 1 unspecified atom stereocenters. The van der Waals surface area contributed by atoms with Gasteiger partial charge in [0.1, 0.15) is 12.6 Å². The second-order valence-electron chi connectivity index (χ2n) is 10.4. The van der Waals surface area contributed by atoms with Crippen LogP contribution in [0.1, 0.15) is 33.6 Å². The minimum Gasteiger partial charge on any atom is -0.385 e. The summed E-state index contributed by atoms with van der Waals surface area (Å²) < 4.78 is 4.47. The number of rotatable bonds is 4. The first-order valence-electron chi connectivity index (χ1n) is 11.1. The SMILES string of the molecule is CC1(C)[C@@H]2CC[C@]1(C)C[NH+](C[C@H](O)Cn1c3ccc(Br)cc3c3cc(Br)ccc31)C2. The average molecular weight is 535 g/mol. The fourth-order valence-corrected chi connectivity index (χ4v) is 7.05. The Kier molecular flexibility index (Phi) is 5.13. The van der Waals surface area contributed by atoms with E-state index in [1.165, 1.54) is 47.7 Å². The summed E-state index contributed by atoms with van der Waals surface area (Å²) in [7, 11) is 0. The first kappa shape index (κ1) is 21.0. The molecule has 0 amide bonds. The molecular formula is C25H31Br2N2O+. The number of hydrogen-bond acceptors (Lipinski definition) is 1. The molecule has 3 aromatic rings. The van der Waals surface area contributed by atoms with Crippen molar-refractivity contribution in [3.63, 3.8) is 0 Å². The monoisotopic (exact) mass is 533 g/mol. The predicted octanol–water partition coefficient (Wildman–Crippen LogP) is 5.02. The number of likely N-dealkylation sites (tertiary alicyclic amines) is 1. The van der Waals surface area contributed by atoms with Crippen LogP contribution in [0.5, 0.6) is 0 Å². The highest BCUT2D eigenvalue weighted by Crippen LogP contribution is 2.56. The van der Waals surface area contributed by atoms with E-state index in [-0.39, 0.29) is 6.10 Å². The van der Waals surface area contributed by atoms with Crippen molar-refractivity contribution < 1.29 is 10.0 Å². The van der Waals surface area contributed by atoms with E-state index in [2.05, 4.69) is 93.6 Å². The van der Waals surface area contributed by atoms with Crippen LogP contribution in [0.3, 0.4) is 0 Å². The molecule has 1 saturated heterocycles. The highest BCUT2D eigenvalue weighted by molar-refractivity contribution is 9.10. The Bertz CT molecular complexity index is 1060. The van der Waals surface area contributed by atoms with Gasteiger partial charge in [0.25, 0.3) is 0 Å². The standard InChI is InChI=1S/C25H30Br2N2O/c1-24(2)16-8-9-25(24,3)15-28(12-16)13-19(30)14-29-22-6-4-17(26)10-20(22)21-11-18(27)5-7-23(21)29/h4-7,10-11,16,19,30H,8-9,12-15H2,1-3H3/p+1/t16-,19+,25-/m1/s1. The molecule has 1 aliphatic heterocycles. The van der Waals surface area contributed by atoms with E-state index < -0.39 is 0 Å². The Morgan fingerprint density at radius 1 is 1.07 bits per heavy atom. The van der Waals surface area contributed by atoms with Crippen molar-refractivity contribution in [1.82, 2.24) is 4.57 Å². The van der Waals surface area contributed by atoms with Gasteiger partial charge in [-0.15, -0.1) is 0 Å². The van der Waals surface area contributed by atoms with Crippen molar-refractivity contribution >= 4 is 53.7 Å². The number of nitrogens with one attached hydrogen (secondary N) is 1. The van der Waals surface area contributed by atoms with Gasteiger partial charge < -0.3 is 14.6 Å². The van der Waals surface area contributed by atoms with Gasteiger partial charge in [-0.1, -0.05) is 52.6 Å². The summed E-state index contributed by atoms with van der Waals surface area (Å²) in [6.45, 7) is 11.3. The number of nitrogens with zero attached hydrogens (tertiary/aromatic N) is 1. The maximum atomic E-state index is 11.1. The third-order valence-electron chi connectivity index (χ3n) is 8.50. The number of hydrogen-bond donors (Lipinski definition) is 2. The minimum atomic E-state index is -0.352. The van der Waals surface area contributed by atoms with Crippen molar-refractivity contribution in [2.24, 2.45) is 16.7 Å². The summed E-state index contributed by atoms with van der Waals surface area (Å²) in [4.78, 5) is 1.58. The second-order valence-corrected chi connectivity index (χ2v) is 12.3. The van der Waals surface area contributed by atoms with E-state index in [4.69, 9.17) is 0 Å². The molecule has 2 fully saturated rings. The summed E-state index contributed by atoms with van der Waals surface area (Å²) in [5.74, 6) is 0.779. The predicted molar refractivity (Wildman–Crippen MR) is 131 cm³/mol. The molecule has 2 heterocycles. The molecule has 1 saturated carbocycles. The number of halogens is 2. The van der Waals surface area contributed by atoms with E-state index in [0.717, 1.165) is 21.4 Å². The maximum absolute atomic E-state index is 11.1. The third kappa shape index (κ3) is 3.28. The summed E-state index contributed by atoms with van der Waals surface area (Å²) in [5.41, 5.74) is 3.20. The molecule has 30 heavy (non-hydrogen) atoms. The zero-order valence-corrected chi connectivity index (χ0v) is 21.2. The number of benzene rings is 2. The Labute approximate surface area is 195 Å². The van der Waals surface area contributed by atoms with Crippen LogP contribution in [0.4, 0.5) is 0 Å². The molecule has 1 aliphatic carbocycles. The highest BCUT2D eigenvalue weighted by Gasteiger charge is 2.57. The molecule has 3 nitrogen and oxygen atoms in total. The van der Waals surface area contributed by atoms with Crippen LogP contribution in [0.15, 0.2) is 45.3 Å². The molecule has 0 radical (unpaired) electrons. The van der Waals surface area contributed by atoms with Crippen molar-refractivity contribution in [2.45, 2.75) is 46.3 Å². The van der Waals surface area contributed by atoms with Gasteiger partial charge in [0, 0.05) is 42.1 Å². The van der Waals surface area contributed by atoms with Gasteiger partial charge >= 0.3 is 0 Å². The number of aliphatic hydroxyl groups is 1. The minimum absolute atomic E-state index is 0.352. The van der Waals surface area contributed by atoms with Gasteiger partial charge in [0.05, 0.1) is 19.6 Å². The Morgan fingerprint density at radius 2 is 1.67 bits per heavy atom. The topological polar surface area (TPSA) is 29.6 Å². The van der Waals surface area contributed by atoms with Gasteiger partial charge in [0.15, 0.2) is 0 Å². The van der Waals surface area contributed by atoms with Gasteiger partial charge in [0.2, 0.25) is 0 Å². The highest BCUT2D eigenvalue weighted by atomic mass is 79.9. The van der Waals surface area contributed by atoms with E-state index in [1.807, 2.05) is 0 Å². The van der Waals surface area contributed by atoms with Crippen LogP contribution >= 0.6 is 31.9 Å². The Balaban J connectivity index is 1.42. The molecule has 160 valence electrons. The van der Waals surface area contributed by atoms with Gasteiger partial charge in [-0.2, -0.15) is 0 Å². The summed E-state index contributed by atoms with van der Waals surface area (Å²) >= 11 is 7.24. The lowest BCUT2D eigenvalue weighted by molar-refractivity contribution is -0.921. The van der Waals surface area contributed by atoms with Crippen molar-refractivity contribution in [2.75, 3.05) is 19.6 Å². The second kappa shape index (κ2) is 7.33. The Morgan fingerprint density at radius 3 is 2.23 bits per heavy atom. The maximum Gasteiger partial charge on any atom is 0.121 e. The fourth-order valence-electron chi connectivity index (χ4n) is 6.32. The zero-order chi connectivity index (χ0) is 21.3. The smallest absolute Gasteiger partial charge is 0.121 e. The molecule has 2 aliphatic rings. The Hall–Kier alpha value is -0.880. The number of piperidine rings is 1. The normalized spacial score (nSPS) is 29.0. The van der Waals surface area contributed by atoms with Crippen LogP contribution < -0.4 is 4.90 Å². The first-order chi connectivity index (χ1) is 14.2. The van der Waals surface area contributed by atoms with Crippen LogP contribution in [0.25, 0.3) is 21.8 Å². The van der Waals surface area contributed by atoms with Gasteiger partial charge in [-0.25, -0.2) is 0 Å². The molecule has 2 aromatic carbocycles. The molecule has 2 bridgehead atoms. The average Bonchev–Trinajstić information content (AvgIpc) is 2.97. The fraction of sp³-hybridized carbons (Fsp3) is 0.520. The molecule has 0 spiro atoms. The molecule has 5 heteroatoms. The summed E-state index contributed by atoms with van der Waals surface area (Å²) in [6, 6.07) is 12.9. The zero-order valence-electron chi connectivity index (χ0n) is 18.0. The van der Waals surface area contributed by atoms with Gasteiger partial charge in [-0.3, -0.25) is 0 Å². The molecule has 4 atom stereocenters. The van der Waals surface area contributed by atoms with Crippen LogP contribution in [0, 0.1) is 16.7 Å². The third-order valence-corrected chi connectivity index (χ3v) is 9.49. The lowest BCUT2D eigenvalue weighted by Gasteiger charge is -2.48. The first-order valence-corrected chi connectivity index (χ1v) is 12.7. The number of quaternary nitrogens is 1. The molecule has 1 aromatic heterocycles. The van der Waals surface area contributed by atoms with Crippen LogP contribution in [-0.2, 0) is 6.54 Å². The number of aliphatic hydroxyl groups excluding tert-OH is 1. The molecule has 2 N–H and O–H groups in total. The molecule has 5 rings (SSSR count). The van der Waals surface area contributed by atoms with Crippen molar-refractivity contribution in [3.05, 3.63) is 45.3 Å². The quantitative estimate of drug-likeness (QED) is 0.483. The van der Waals surface area contributed by atoms with E-state index in [1.54, 1.807) is 4.90 Å². The lowest BCUT2D eigenvalue weighted by atomic mass is 9.63. The van der Waals surface area contributed by atoms with Crippen molar-refractivity contribution in [3.8, 4) is 0 Å². The summed E-state index contributed by atoms with van der Waals surface area (Å²) in [6.07, 6.45) is 2.33. The summed E-state index contributed by atoms with van der Waals surface area (Å²) in [5, 5.41) is 13.6. The van der Waals surface area contributed by atoms with Crippen LogP contribution in [0.2, 0.25) is 0 Å². The van der Waals surface area contributed by atoms with E-state index in [9.17, 15) is 5.11 Å².